The van der Waals surface area contributed by atoms with Crippen LogP contribution in [-0.4, -0.2) is 53.6 Å². The summed E-state index contributed by atoms with van der Waals surface area (Å²) in [6.45, 7) is 0.0898. The van der Waals surface area contributed by atoms with Gasteiger partial charge in [0.25, 0.3) is 0 Å². The van der Waals surface area contributed by atoms with E-state index in [1.807, 2.05) is 4.90 Å². The number of carboxylic acids is 1. The second-order valence-electron chi connectivity index (χ2n) is 4.78. The average Bonchev–Trinajstić information content (AvgIpc) is 2.86. The molecule has 18 heavy (non-hydrogen) atoms. The molecule has 0 aromatic carbocycles. The summed E-state index contributed by atoms with van der Waals surface area (Å²) >= 11 is 0. The van der Waals surface area contributed by atoms with E-state index in [1.54, 1.807) is 0 Å². The molecular weight excluding hydrogens is 238 g/mol. The summed E-state index contributed by atoms with van der Waals surface area (Å²) in [5.41, 5.74) is 0. The SMILES string of the molecule is CNC(=O)NC(=O)CN1C2CCC1C(C(=O)O)C2. The summed E-state index contributed by atoms with van der Waals surface area (Å²) in [4.78, 5) is 35.6. The molecular formula is C11H17N3O4. The molecule has 0 radical (unpaired) electrons. The fourth-order valence-electron chi connectivity index (χ4n) is 3.01. The van der Waals surface area contributed by atoms with Crippen LogP contribution in [-0.2, 0) is 9.59 Å². The lowest BCUT2D eigenvalue weighted by Crippen LogP contribution is -2.45. The molecule has 2 aliphatic heterocycles. The van der Waals surface area contributed by atoms with E-state index >= 15 is 0 Å². The van der Waals surface area contributed by atoms with Crippen molar-refractivity contribution in [3.8, 4) is 0 Å². The Balaban J connectivity index is 1.93. The molecule has 2 bridgehead atoms. The minimum Gasteiger partial charge on any atom is -0.481 e. The molecule has 100 valence electrons. The third kappa shape index (κ3) is 2.31. The van der Waals surface area contributed by atoms with E-state index in [9.17, 15) is 14.4 Å². The number of urea groups is 1. The second-order valence-corrected chi connectivity index (χ2v) is 4.78. The van der Waals surface area contributed by atoms with Crippen molar-refractivity contribution in [1.82, 2.24) is 15.5 Å². The molecule has 7 heteroatoms. The summed E-state index contributed by atoms with van der Waals surface area (Å²) in [6.07, 6.45) is 2.35. The Morgan fingerprint density at radius 3 is 2.61 bits per heavy atom. The Hall–Kier alpha value is -1.63. The normalized spacial score (nSPS) is 30.2. The maximum absolute atomic E-state index is 11.6. The first kappa shape index (κ1) is 12.8. The predicted octanol–water partition coefficient (Wildman–Crippen LogP) is -0.620. The number of carbonyl (C=O) groups excluding carboxylic acids is 2. The van der Waals surface area contributed by atoms with Crippen LogP contribution in [0.4, 0.5) is 4.79 Å². The molecule has 2 aliphatic rings. The number of hydrogen-bond acceptors (Lipinski definition) is 4. The Morgan fingerprint density at radius 1 is 1.33 bits per heavy atom. The summed E-state index contributed by atoms with van der Waals surface area (Å²) < 4.78 is 0. The molecule has 2 saturated heterocycles. The molecule has 0 saturated carbocycles. The van der Waals surface area contributed by atoms with Crippen molar-refractivity contribution in [2.24, 2.45) is 5.92 Å². The first-order chi connectivity index (χ1) is 8.52. The molecule has 2 fully saturated rings. The van der Waals surface area contributed by atoms with Gasteiger partial charge >= 0.3 is 12.0 Å². The van der Waals surface area contributed by atoms with Crippen molar-refractivity contribution in [3.63, 3.8) is 0 Å². The van der Waals surface area contributed by atoms with Gasteiger partial charge in [0.15, 0.2) is 0 Å². The number of nitrogens with one attached hydrogen (secondary N) is 2. The highest BCUT2D eigenvalue weighted by Gasteiger charge is 2.49. The lowest BCUT2D eigenvalue weighted by atomic mass is 9.89. The fraction of sp³-hybridized carbons (Fsp3) is 0.727. The van der Waals surface area contributed by atoms with E-state index in [1.165, 1.54) is 7.05 Å². The zero-order chi connectivity index (χ0) is 13.3. The van der Waals surface area contributed by atoms with Crippen LogP contribution >= 0.6 is 0 Å². The number of fused-ring (bicyclic) bond motifs is 2. The molecule has 3 atom stereocenters. The minimum atomic E-state index is -0.793. The predicted molar refractivity (Wildman–Crippen MR) is 61.9 cm³/mol. The standard InChI is InChI=1S/C11H17N3O4/c1-12-11(18)13-9(15)5-14-6-2-3-8(14)7(4-6)10(16)17/h6-8H,2-5H2,1H3,(H,16,17)(H2,12,13,15,18). The van der Waals surface area contributed by atoms with Crippen LogP contribution in [0.2, 0.25) is 0 Å². The number of nitrogens with zero attached hydrogens (tertiary/aromatic N) is 1. The summed E-state index contributed by atoms with van der Waals surface area (Å²) in [7, 11) is 1.43. The van der Waals surface area contributed by atoms with Gasteiger partial charge in [-0.05, 0) is 19.3 Å². The number of amides is 3. The molecule has 0 spiro atoms. The molecule has 0 aromatic rings. The molecule has 3 unspecified atom stereocenters. The third-order valence-electron chi connectivity index (χ3n) is 3.80. The number of rotatable bonds is 3. The van der Waals surface area contributed by atoms with Gasteiger partial charge in [0.05, 0.1) is 12.5 Å². The Kier molecular flexibility index (Phi) is 3.51. The zero-order valence-corrected chi connectivity index (χ0v) is 10.2. The van der Waals surface area contributed by atoms with Crippen LogP contribution < -0.4 is 10.6 Å². The maximum Gasteiger partial charge on any atom is 0.321 e. The van der Waals surface area contributed by atoms with Gasteiger partial charge in [-0.15, -0.1) is 0 Å². The molecule has 2 rings (SSSR count). The second kappa shape index (κ2) is 4.93. The number of hydrogen-bond donors (Lipinski definition) is 3. The molecule has 7 nitrogen and oxygen atoms in total. The fourth-order valence-corrected chi connectivity index (χ4v) is 3.01. The highest BCUT2D eigenvalue weighted by Crippen LogP contribution is 2.41. The largest absolute Gasteiger partial charge is 0.481 e. The van der Waals surface area contributed by atoms with Crippen molar-refractivity contribution >= 4 is 17.9 Å². The van der Waals surface area contributed by atoms with Crippen LogP contribution in [0.3, 0.4) is 0 Å². The first-order valence-corrected chi connectivity index (χ1v) is 6.03. The van der Waals surface area contributed by atoms with E-state index < -0.39 is 17.9 Å². The van der Waals surface area contributed by atoms with Crippen molar-refractivity contribution < 1.29 is 19.5 Å². The van der Waals surface area contributed by atoms with Gasteiger partial charge in [0.1, 0.15) is 0 Å². The summed E-state index contributed by atoms with van der Waals surface area (Å²) in [5, 5.41) is 13.6. The molecule has 0 aromatic heterocycles. The van der Waals surface area contributed by atoms with Gasteiger partial charge < -0.3 is 10.4 Å². The molecule has 0 aliphatic carbocycles. The van der Waals surface area contributed by atoms with Gasteiger partial charge in [-0.1, -0.05) is 0 Å². The highest BCUT2D eigenvalue weighted by molar-refractivity contribution is 5.95. The van der Waals surface area contributed by atoms with Crippen molar-refractivity contribution in [2.45, 2.75) is 31.3 Å². The number of carboxylic acid groups (broad SMARTS) is 1. The summed E-state index contributed by atoms with van der Waals surface area (Å²) in [5.74, 6) is -1.56. The van der Waals surface area contributed by atoms with Gasteiger partial charge in [-0.25, -0.2) is 4.79 Å². The van der Waals surface area contributed by atoms with E-state index in [4.69, 9.17) is 5.11 Å². The van der Waals surface area contributed by atoms with Gasteiger partial charge in [0, 0.05) is 19.1 Å². The van der Waals surface area contributed by atoms with Crippen molar-refractivity contribution in [1.29, 1.82) is 0 Å². The van der Waals surface area contributed by atoms with E-state index in [2.05, 4.69) is 10.6 Å². The van der Waals surface area contributed by atoms with Crippen LogP contribution in [0.1, 0.15) is 19.3 Å². The molecule has 3 amide bonds. The molecule has 2 heterocycles. The number of imide groups is 1. The van der Waals surface area contributed by atoms with Gasteiger partial charge in [-0.2, -0.15) is 0 Å². The monoisotopic (exact) mass is 255 g/mol. The average molecular weight is 255 g/mol. The van der Waals surface area contributed by atoms with Gasteiger partial charge in [0.2, 0.25) is 5.91 Å². The van der Waals surface area contributed by atoms with Crippen LogP contribution in [0, 0.1) is 5.92 Å². The van der Waals surface area contributed by atoms with E-state index in [0.717, 1.165) is 12.8 Å². The maximum atomic E-state index is 11.6. The van der Waals surface area contributed by atoms with Crippen molar-refractivity contribution in [3.05, 3.63) is 0 Å². The zero-order valence-electron chi connectivity index (χ0n) is 10.2. The van der Waals surface area contributed by atoms with Crippen LogP contribution in [0.5, 0.6) is 0 Å². The highest BCUT2D eigenvalue weighted by atomic mass is 16.4. The van der Waals surface area contributed by atoms with Crippen molar-refractivity contribution in [2.75, 3.05) is 13.6 Å². The summed E-state index contributed by atoms with van der Waals surface area (Å²) in [6, 6.07) is -0.448. The number of carbonyl (C=O) groups is 3. The minimum absolute atomic E-state index is 0.0667. The third-order valence-corrected chi connectivity index (χ3v) is 3.80. The van der Waals surface area contributed by atoms with E-state index in [0.29, 0.717) is 6.42 Å². The number of aliphatic carboxylic acids is 1. The first-order valence-electron chi connectivity index (χ1n) is 6.03. The topological polar surface area (TPSA) is 98.7 Å². The Labute approximate surface area is 105 Å². The lowest BCUT2D eigenvalue weighted by molar-refractivity contribution is -0.143. The van der Waals surface area contributed by atoms with E-state index in [-0.39, 0.29) is 24.5 Å². The quantitative estimate of drug-likeness (QED) is 0.624. The lowest BCUT2D eigenvalue weighted by Gasteiger charge is -2.21. The Bertz CT molecular complexity index is 384. The van der Waals surface area contributed by atoms with Crippen LogP contribution in [0.25, 0.3) is 0 Å². The Morgan fingerprint density at radius 2 is 2.06 bits per heavy atom. The van der Waals surface area contributed by atoms with Gasteiger partial charge in [-0.3, -0.25) is 19.8 Å². The smallest absolute Gasteiger partial charge is 0.321 e. The van der Waals surface area contributed by atoms with Crippen LogP contribution in [0.15, 0.2) is 0 Å². The molecule has 3 N–H and O–H groups in total.